The Hall–Kier alpha value is -4.46. The van der Waals surface area contributed by atoms with Gasteiger partial charge < -0.3 is 25.5 Å². The highest BCUT2D eigenvalue weighted by molar-refractivity contribution is 7.94. The Balaban J connectivity index is 1.56. The fraction of sp³-hybridized carbons (Fsp3) is 0.292. The summed E-state index contributed by atoms with van der Waals surface area (Å²) in [6.45, 7) is 1.11. The molecule has 2 fully saturated rings. The van der Waals surface area contributed by atoms with Crippen LogP contribution in [0, 0.1) is 0 Å². The first-order chi connectivity index (χ1) is 17.9. The van der Waals surface area contributed by atoms with Crippen LogP contribution in [0.1, 0.15) is 29.3 Å². The van der Waals surface area contributed by atoms with E-state index in [1.54, 1.807) is 30.3 Å². The van der Waals surface area contributed by atoms with Crippen LogP contribution in [-0.2, 0) is 30.6 Å². The van der Waals surface area contributed by atoms with E-state index in [4.69, 9.17) is 0 Å². The predicted molar refractivity (Wildman–Crippen MR) is 132 cm³/mol. The fourth-order valence-corrected chi connectivity index (χ4v) is 6.68. The quantitative estimate of drug-likeness (QED) is 0.128. The Labute approximate surface area is 216 Å². The number of fused-ring (bicyclic) bond motifs is 1. The zero-order chi connectivity index (χ0) is 27.8. The Morgan fingerprint density at radius 1 is 1.16 bits per heavy atom. The van der Waals surface area contributed by atoms with Gasteiger partial charge in [0, 0.05) is 18.2 Å². The second-order valence-electron chi connectivity index (χ2n) is 9.08. The van der Waals surface area contributed by atoms with Crippen LogP contribution in [0.2, 0.25) is 0 Å². The molecule has 0 spiro atoms. The van der Waals surface area contributed by atoms with Crippen LogP contribution in [0.5, 0.6) is 11.5 Å². The van der Waals surface area contributed by atoms with Crippen molar-refractivity contribution in [1.29, 1.82) is 0 Å². The van der Waals surface area contributed by atoms with Crippen LogP contribution in [0.15, 0.2) is 53.6 Å². The molecule has 2 aromatic carbocycles. The minimum Gasteiger partial charge on any atom is -0.504 e. The van der Waals surface area contributed by atoms with E-state index in [0.717, 1.165) is 30.2 Å². The first kappa shape index (κ1) is 26.6. The molecule has 0 aromatic heterocycles. The topological polar surface area (TPSA) is 203 Å². The molecule has 38 heavy (non-hydrogen) atoms. The third-order valence-corrected chi connectivity index (χ3v) is 9.28. The minimum atomic E-state index is -4.17. The fourth-order valence-electron chi connectivity index (χ4n) is 4.47. The van der Waals surface area contributed by atoms with Crippen LogP contribution in [-0.4, -0.2) is 80.7 Å². The standard InChI is InChI=1S/C24H24N4O9S/c1-24(20(23(34)35)28-18(31)11-19(28)38(24,36)37)12-25-27-22(33)15(9-13-5-3-2-4-6-13)26-21(32)14-7-8-16(29)17(30)10-14/h2-8,10,12,15,19-20,29-30H,9,11H2,1H3,(H,26,32)(H,27,33)(H,34,35)/b25-12+/t15-,19+,20-,24-/m0/s1. The van der Waals surface area contributed by atoms with E-state index >= 15 is 0 Å². The number of carbonyl (C=O) groups excluding carboxylic acids is 3. The number of benzene rings is 2. The molecular formula is C24H24N4O9S. The molecule has 0 saturated carbocycles. The summed E-state index contributed by atoms with van der Waals surface area (Å²) in [6, 6.07) is 9.07. The second-order valence-corrected chi connectivity index (χ2v) is 11.6. The van der Waals surface area contributed by atoms with Crippen molar-refractivity contribution in [2.24, 2.45) is 5.10 Å². The summed E-state index contributed by atoms with van der Waals surface area (Å²) in [7, 11) is -4.17. The van der Waals surface area contributed by atoms with Gasteiger partial charge in [-0.1, -0.05) is 30.3 Å². The van der Waals surface area contributed by atoms with Crippen LogP contribution in [0.25, 0.3) is 0 Å². The molecule has 5 N–H and O–H groups in total. The number of nitrogens with one attached hydrogen (secondary N) is 2. The van der Waals surface area contributed by atoms with E-state index in [1.165, 1.54) is 6.07 Å². The van der Waals surface area contributed by atoms with Crippen molar-refractivity contribution in [3.05, 3.63) is 59.7 Å². The van der Waals surface area contributed by atoms with Crippen molar-refractivity contribution in [2.75, 3.05) is 0 Å². The number of aromatic hydroxyl groups is 2. The highest BCUT2D eigenvalue weighted by Crippen LogP contribution is 2.45. The second kappa shape index (κ2) is 9.78. The lowest BCUT2D eigenvalue weighted by Gasteiger charge is -2.35. The van der Waals surface area contributed by atoms with Crippen LogP contribution in [0.3, 0.4) is 0 Å². The van der Waals surface area contributed by atoms with Gasteiger partial charge in [0.15, 0.2) is 27.4 Å². The highest BCUT2D eigenvalue weighted by atomic mass is 32.2. The van der Waals surface area contributed by atoms with Crippen molar-refractivity contribution in [3.63, 3.8) is 0 Å². The molecule has 2 heterocycles. The van der Waals surface area contributed by atoms with Gasteiger partial charge in [0.2, 0.25) is 5.91 Å². The number of hydrogen-bond acceptors (Lipinski definition) is 9. The number of sulfone groups is 1. The van der Waals surface area contributed by atoms with Gasteiger partial charge in [0.25, 0.3) is 11.8 Å². The molecule has 0 bridgehead atoms. The zero-order valence-corrected chi connectivity index (χ0v) is 20.8. The number of phenols is 2. The molecule has 200 valence electrons. The van der Waals surface area contributed by atoms with Crippen molar-refractivity contribution in [1.82, 2.24) is 15.6 Å². The number of carbonyl (C=O) groups is 4. The molecule has 2 aliphatic heterocycles. The molecule has 2 aromatic rings. The highest BCUT2D eigenvalue weighted by Gasteiger charge is 2.69. The molecule has 14 heteroatoms. The molecular weight excluding hydrogens is 520 g/mol. The minimum absolute atomic E-state index is 0.00959. The molecule has 4 atom stereocenters. The third-order valence-electron chi connectivity index (χ3n) is 6.61. The van der Waals surface area contributed by atoms with E-state index in [-0.39, 0.29) is 18.4 Å². The summed E-state index contributed by atoms with van der Waals surface area (Å²) in [5.74, 6) is -4.70. The average molecular weight is 545 g/mol. The summed E-state index contributed by atoms with van der Waals surface area (Å²) in [4.78, 5) is 50.4. The Kier molecular flexibility index (Phi) is 6.84. The van der Waals surface area contributed by atoms with E-state index < -0.39 is 67.2 Å². The zero-order valence-electron chi connectivity index (χ0n) is 19.9. The molecule has 13 nitrogen and oxygen atoms in total. The number of nitrogens with zero attached hydrogens (tertiary/aromatic N) is 2. The average Bonchev–Trinajstić information content (AvgIpc) is 3.00. The van der Waals surface area contributed by atoms with Gasteiger partial charge in [-0.2, -0.15) is 5.10 Å². The van der Waals surface area contributed by atoms with E-state index in [2.05, 4.69) is 15.8 Å². The van der Waals surface area contributed by atoms with Gasteiger partial charge in [-0.05, 0) is 30.7 Å². The third kappa shape index (κ3) is 4.53. The maximum Gasteiger partial charge on any atom is 0.328 e. The van der Waals surface area contributed by atoms with Gasteiger partial charge in [-0.25, -0.2) is 18.6 Å². The van der Waals surface area contributed by atoms with Gasteiger partial charge >= 0.3 is 5.97 Å². The number of carboxylic acids is 1. The summed E-state index contributed by atoms with van der Waals surface area (Å²) < 4.78 is 23.9. The number of rotatable bonds is 8. The predicted octanol–water partition coefficient (Wildman–Crippen LogP) is -0.260. The van der Waals surface area contributed by atoms with E-state index in [9.17, 15) is 42.9 Å². The maximum absolute atomic E-state index is 13.0. The SMILES string of the molecule is C[C@]1(/C=N/NC(=O)[C@H](Cc2ccccc2)NC(=O)c2ccc(O)c(O)c2)[C@H](C(=O)O)N2C(=O)C[C@H]2S1(=O)=O. The number of aliphatic carboxylic acids is 1. The largest absolute Gasteiger partial charge is 0.504 e. The first-order valence-corrected chi connectivity index (χ1v) is 12.9. The van der Waals surface area contributed by atoms with Crippen molar-refractivity contribution in [3.8, 4) is 11.5 Å². The number of carboxylic acid groups (broad SMARTS) is 1. The number of amides is 3. The van der Waals surface area contributed by atoms with Crippen LogP contribution >= 0.6 is 0 Å². The Morgan fingerprint density at radius 3 is 2.45 bits per heavy atom. The van der Waals surface area contributed by atoms with Gasteiger partial charge in [-0.3, -0.25) is 14.4 Å². The van der Waals surface area contributed by atoms with Crippen LogP contribution < -0.4 is 10.7 Å². The lowest BCUT2D eigenvalue weighted by atomic mass is 9.97. The molecule has 0 unspecified atom stereocenters. The summed E-state index contributed by atoms with van der Waals surface area (Å²) in [5, 5.41) is 33.7. The number of hydrogen-bond donors (Lipinski definition) is 5. The summed E-state index contributed by atoms with van der Waals surface area (Å²) >= 11 is 0. The van der Waals surface area contributed by atoms with Gasteiger partial charge in [0.1, 0.15) is 16.2 Å². The molecule has 0 radical (unpaired) electrons. The molecule has 2 aliphatic rings. The lowest BCUT2D eigenvalue weighted by molar-refractivity contribution is -0.156. The van der Waals surface area contributed by atoms with E-state index in [1.807, 2.05) is 0 Å². The Morgan fingerprint density at radius 2 is 1.84 bits per heavy atom. The van der Waals surface area contributed by atoms with Gasteiger partial charge in [-0.15, -0.1) is 0 Å². The first-order valence-electron chi connectivity index (χ1n) is 11.3. The normalized spacial score (nSPS) is 24.3. The molecule has 0 aliphatic carbocycles. The number of hydrazone groups is 1. The molecule has 2 saturated heterocycles. The van der Waals surface area contributed by atoms with Crippen molar-refractivity contribution < 1.29 is 42.9 Å². The molecule has 3 amide bonds. The monoisotopic (exact) mass is 544 g/mol. The van der Waals surface area contributed by atoms with Gasteiger partial charge in [0.05, 0.1) is 6.42 Å². The lowest BCUT2D eigenvalue weighted by Crippen LogP contribution is -2.57. The van der Waals surface area contributed by atoms with Crippen molar-refractivity contribution in [2.45, 2.75) is 42.0 Å². The van der Waals surface area contributed by atoms with E-state index in [0.29, 0.717) is 5.56 Å². The summed E-state index contributed by atoms with van der Waals surface area (Å²) in [5.41, 5.74) is 2.78. The molecule has 4 rings (SSSR count). The van der Waals surface area contributed by atoms with Crippen LogP contribution in [0.4, 0.5) is 0 Å². The smallest absolute Gasteiger partial charge is 0.328 e. The number of phenolic OH excluding ortho intramolecular Hbond substituents is 2. The maximum atomic E-state index is 13.0. The van der Waals surface area contributed by atoms with Crippen molar-refractivity contribution >= 4 is 39.7 Å². The Bertz CT molecular complexity index is 1440. The number of β-lactam (4-membered cyclic amide) rings is 1. The summed E-state index contributed by atoms with van der Waals surface area (Å²) in [6.07, 6.45) is 0.458.